The number of guanidine groups is 1. The minimum absolute atomic E-state index is 0.196. The first-order chi connectivity index (χ1) is 10.8. The van der Waals surface area contributed by atoms with Crippen LogP contribution in [0, 0.1) is 5.82 Å². The van der Waals surface area contributed by atoms with E-state index in [0.717, 1.165) is 37.5 Å². The van der Waals surface area contributed by atoms with Crippen molar-refractivity contribution in [2.75, 3.05) is 20.1 Å². The maximum atomic E-state index is 13.1. The van der Waals surface area contributed by atoms with Crippen LogP contribution in [0.1, 0.15) is 12.0 Å². The Balaban J connectivity index is 1.62. The number of nitrogens with one attached hydrogen (secondary N) is 2. The van der Waals surface area contributed by atoms with E-state index >= 15 is 0 Å². The van der Waals surface area contributed by atoms with Crippen LogP contribution in [0.25, 0.3) is 0 Å². The van der Waals surface area contributed by atoms with Gasteiger partial charge in [0.1, 0.15) is 5.82 Å². The van der Waals surface area contributed by atoms with Gasteiger partial charge in [0.25, 0.3) is 0 Å². The zero-order chi connectivity index (χ0) is 15.6. The predicted octanol–water partition coefficient (Wildman–Crippen LogP) is 1.82. The van der Waals surface area contributed by atoms with Crippen LogP contribution in [0.5, 0.6) is 0 Å². The third-order valence-corrected chi connectivity index (χ3v) is 3.23. The summed E-state index contributed by atoms with van der Waals surface area (Å²) in [5.41, 5.74) is 0.974. The van der Waals surface area contributed by atoms with Crippen LogP contribution in [-0.2, 0) is 13.0 Å². The van der Waals surface area contributed by atoms with Crippen molar-refractivity contribution in [3.63, 3.8) is 0 Å². The Morgan fingerprint density at radius 3 is 2.86 bits per heavy atom. The van der Waals surface area contributed by atoms with Gasteiger partial charge in [-0.2, -0.15) is 5.10 Å². The molecule has 0 unspecified atom stereocenters. The van der Waals surface area contributed by atoms with Gasteiger partial charge in [0.2, 0.25) is 0 Å². The van der Waals surface area contributed by atoms with Gasteiger partial charge in [0.15, 0.2) is 5.96 Å². The van der Waals surface area contributed by atoms with Crippen molar-refractivity contribution in [2.45, 2.75) is 19.4 Å². The highest BCUT2D eigenvalue weighted by atomic mass is 19.1. The van der Waals surface area contributed by atoms with Crippen LogP contribution in [0.3, 0.4) is 0 Å². The third kappa shape index (κ3) is 5.55. The maximum Gasteiger partial charge on any atom is 0.190 e. The molecule has 0 atom stereocenters. The molecule has 0 bridgehead atoms. The molecule has 1 aromatic carbocycles. The second kappa shape index (κ2) is 8.81. The van der Waals surface area contributed by atoms with Gasteiger partial charge in [-0.05, 0) is 36.6 Å². The Labute approximate surface area is 130 Å². The highest BCUT2D eigenvalue weighted by Gasteiger charge is 1.99. The molecule has 0 saturated heterocycles. The van der Waals surface area contributed by atoms with E-state index in [4.69, 9.17) is 0 Å². The Morgan fingerprint density at radius 2 is 2.14 bits per heavy atom. The van der Waals surface area contributed by atoms with E-state index in [1.54, 1.807) is 25.4 Å². The van der Waals surface area contributed by atoms with E-state index in [2.05, 4.69) is 20.7 Å². The van der Waals surface area contributed by atoms with Crippen LogP contribution >= 0.6 is 0 Å². The minimum atomic E-state index is -0.196. The summed E-state index contributed by atoms with van der Waals surface area (Å²) < 4.78 is 15.0. The van der Waals surface area contributed by atoms with E-state index in [1.807, 2.05) is 23.0 Å². The lowest BCUT2D eigenvalue weighted by molar-refractivity contribution is 0.570. The van der Waals surface area contributed by atoms with Gasteiger partial charge >= 0.3 is 0 Å². The molecule has 2 rings (SSSR count). The minimum Gasteiger partial charge on any atom is -0.356 e. The quantitative estimate of drug-likeness (QED) is 0.466. The van der Waals surface area contributed by atoms with Gasteiger partial charge in [0, 0.05) is 39.1 Å². The van der Waals surface area contributed by atoms with E-state index in [9.17, 15) is 4.39 Å². The molecular formula is C16H22FN5. The summed E-state index contributed by atoms with van der Waals surface area (Å²) in [5.74, 6) is 0.565. The van der Waals surface area contributed by atoms with Crippen LogP contribution in [0.15, 0.2) is 47.7 Å². The number of halogens is 1. The summed E-state index contributed by atoms with van der Waals surface area (Å²) in [4.78, 5) is 4.17. The van der Waals surface area contributed by atoms with Crippen molar-refractivity contribution in [3.05, 3.63) is 54.1 Å². The number of aryl methyl sites for hydroxylation is 1. The van der Waals surface area contributed by atoms with Gasteiger partial charge < -0.3 is 10.6 Å². The molecule has 0 spiro atoms. The molecule has 2 aromatic rings. The lowest BCUT2D eigenvalue weighted by Gasteiger charge is -2.12. The molecular weight excluding hydrogens is 281 g/mol. The molecule has 0 saturated carbocycles. The Kier molecular flexibility index (Phi) is 6.41. The second-order valence-corrected chi connectivity index (χ2v) is 4.93. The predicted molar refractivity (Wildman–Crippen MR) is 86.3 cm³/mol. The van der Waals surface area contributed by atoms with Crippen LogP contribution in [0.4, 0.5) is 4.39 Å². The number of aromatic nitrogens is 2. The molecule has 1 heterocycles. The first-order valence-corrected chi connectivity index (χ1v) is 7.44. The van der Waals surface area contributed by atoms with Gasteiger partial charge in [0.05, 0.1) is 0 Å². The summed E-state index contributed by atoms with van der Waals surface area (Å²) in [6.07, 6.45) is 5.45. The zero-order valence-electron chi connectivity index (χ0n) is 12.8. The van der Waals surface area contributed by atoms with E-state index in [1.165, 1.54) is 6.07 Å². The third-order valence-electron chi connectivity index (χ3n) is 3.23. The van der Waals surface area contributed by atoms with Crippen LogP contribution < -0.4 is 10.6 Å². The second-order valence-electron chi connectivity index (χ2n) is 4.93. The summed E-state index contributed by atoms with van der Waals surface area (Å²) in [5, 5.41) is 10.6. The average molecular weight is 303 g/mol. The topological polar surface area (TPSA) is 54.2 Å². The molecule has 0 radical (unpaired) electrons. The molecule has 0 aliphatic rings. The summed E-state index contributed by atoms with van der Waals surface area (Å²) in [7, 11) is 1.74. The highest BCUT2D eigenvalue weighted by Crippen LogP contribution is 2.03. The number of benzene rings is 1. The lowest BCUT2D eigenvalue weighted by Crippen LogP contribution is -2.39. The molecule has 0 aliphatic heterocycles. The Morgan fingerprint density at radius 1 is 1.27 bits per heavy atom. The van der Waals surface area contributed by atoms with Crippen molar-refractivity contribution >= 4 is 5.96 Å². The normalized spacial score (nSPS) is 11.5. The standard InChI is InChI=1S/C16H22FN5/c1-18-16(19-8-3-11-22-12-4-9-21-22)20-10-7-14-5-2-6-15(17)13-14/h2,4-6,9,12-13H,3,7-8,10-11H2,1H3,(H2,18,19,20). The SMILES string of the molecule is CN=C(NCCCn1cccn1)NCCc1cccc(F)c1. The van der Waals surface area contributed by atoms with Crippen molar-refractivity contribution in [1.29, 1.82) is 0 Å². The van der Waals surface area contributed by atoms with Crippen molar-refractivity contribution in [3.8, 4) is 0 Å². The summed E-state index contributed by atoms with van der Waals surface area (Å²) >= 11 is 0. The summed E-state index contributed by atoms with van der Waals surface area (Å²) in [6, 6.07) is 8.58. The monoisotopic (exact) mass is 303 g/mol. The first-order valence-electron chi connectivity index (χ1n) is 7.44. The van der Waals surface area contributed by atoms with Crippen LogP contribution in [0.2, 0.25) is 0 Å². The molecule has 22 heavy (non-hydrogen) atoms. The van der Waals surface area contributed by atoms with E-state index in [-0.39, 0.29) is 5.82 Å². The fourth-order valence-corrected chi connectivity index (χ4v) is 2.12. The molecule has 118 valence electrons. The van der Waals surface area contributed by atoms with Crippen molar-refractivity contribution in [2.24, 2.45) is 4.99 Å². The van der Waals surface area contributed by atoms with Crippen molar-refractivity contribution < 1.29 is 4.39 Å². The molecule has 0 amide bonds. The number of hydrogen-bond donors (Lipinski definition) is 2. The van der Waals surface area contributed by atoms with Crippen LogP contribution in [-0.4, -0.2) is 35.9 Å². The summed E-state index contributed by atoms with van der Waals surface area (Å²) in [6.45, 7) is 2.40. The fraction of sp³-hybridized carbons (Fsp3) is 0.375. The molecule has 6 heteroatoms. The molecule has 1 aromatic heterocycles. The van der Waals surface area contributed by atoms with Gasteiger partial charge in [-0.25, -0.2) is 4.39 Å². The molecule has 0 aliphatic carbocycles. The van der Waals surface area contributed by atoms with Crippen molar-refractivity contribution in [1.82, 2.24) is 20.4 Å². The fourth-order valence-electron chi connectivity index (χ4n) is 2.12. The Bertz CT molecular complexity index is 580. The highest BCUT2D eigenvalue weighted by molar-refractivity contribution is 5.79. The number of rotatable bonds is 7. The lowest BCUT2D eigenvalue weighted by atomic mass is 10.1. The molecule has 5 nitrogen and oxygen atoms in total. The number of nitrogens with zero attached hydrogens (tertiary/aromatic N) is 3. The van der Waals surface area contributed by atoms with Gasteiger partial charge in [-0.3, -0.25) is 9.67 Å². The first kappa shape index (κ1) is 16.0. The van der Waals surface area contributed by atoms with E-state index in [0.29, 0.717) is 6.54 Å². The molecule has 0 fully saturated rings. The smallest absolute Gasteiger partial charge is 0.190 e. The molecule has 2 N–H and O–H groups in total. The maximum absolute atomic E-state index is 13.1. The number of aliphatic imine (C=N–C) groups is 1. The van der Waals surface area contributed by atoms with E-state index < -0.39 is 0 Å². The largest absolute Gasteiger partial charge is 0.356 e. The zero-order valence-corrected chi connectivity index (χ0v) is 12.8. The van der Waals surface area contributed by atoms with Gasteiger partial charge in [-0.1, -0.05) is 12.1 Å². The average Bonchev–Trinajstić information content (AvgIpc) is 3.03. The van der Waals surface area contributed by atoms with Gasteiger partial charge in [-0.15, -0.1) is 0 Å². The Hall–Kier alpha value is -2.37. The number of hydrogen-bond acceptors (Lipinski definition) is 2.